The molecule has 6 nitrogen and oxygen atoms in total. The zero-order valence-corrected chi connectivity index (χ0v) is 22.5. The van der Waals surface area contributed by atoms with Crippen molar-refractivity contribution in [3.8, 4) is 45.7 Å². The second kappa shape index (κ2) is 12.7. The van der Waals surface area contributed by atoms with E-state index in [4.69, 9.17) is 14.5 Å². The fourth-order valence-electron chi connectivity index (χ4n) is 4.05. The number of benzene rings is 4. The average molecular weight is 544 g/mol. The first-order valence-electron chi connectivity index (χ1n) is 12.5. The molecule has 0 atom stereocenters. The number of para-hydroxylation sites is 1. The van der Waals surface area contributed by atoms with Crippen molar-refractivity contribution in [3.63, 3.8) is 0 Å². The maximum atomic E-state index is 12.9. The molecule has 1 heterocycles. The topological polar surface area (TPSA) is 84.2 Å². The Labute approximate surface area is 237 Å². The summed E-state index contributed by atoms with van der Waals surface area (Å²) < 4.78 is 11.1. The minimum Gasteiger partial charge on any atom is -0.497 e. The number of nitrogens with one attached hydrogen (secondary N) is 1. The highest BCUT2D eigenvalue weighted by molar-refractivity contribution is 8.00. The maximum Gasteiger partial charge on any atom is 0.234 e. The number of nitrogens with zero attached hydrogens (tertiary/aromatic N) is 2. The number of hydrogen-bond acceptors (Lipinski definition) is 6. The largest absolute Gasteiger partial charge is 0.497 e. The maximum absolute atomic E-state index is 12.9. The summed E-state index contributed by atoms with van der Waals surface area (Å²) in [6.45, 7) is 0. The molecule has 40 heavy (non-hydrogen) atoms. The van der Waals surface area contributed by atoms with Crippen LogP contribution in [0.5, 0.6) is 17.2 Å². The summed E-state index contributed by atoms with van der Waals surface area (Å²) in [5, 5.41) is 13.5. The highest BCUT2D eigenvalue weighted by Gasteiger charge is 2.17. The average Bonchev–Trinajstić information content (AvgIpc) is 3.01. The van der Waals surface area contributed by atoms with E-state index < -0.39 is 0 Å². The van der Waals surface area contributed by atoms with Crippen LogP contribution in [0.1, 0.15) is 5.56 Å². The normalized spacial score (nSPS) is 10.4. The standard InChI is InChI=1S/C33H25N3O3S/c1-38-26-16-12-24(13-17-26)31-20-29(23-8-4-2-5-9-23)30(21-34)33(36-31)40-22-32(37)35-25-14-18-28(19-15-25)39-27-10-6-3-7-11-27/h2-20H,22H2,1H3,(H,35,37). The number of rotatable bonds is 9. The van der Waals surface area contributed by atoms with Crippen LogP contribution in [0.15, 0.2) is 120 Å². The van der Waals surface area contributed by atoms with Crippen LogP contribution in [0, 0.1) is 11.3 Å². The molecule has 0 fully saturated rings. The van der Waals surface area contributed by atoms with Crippen LogP contribution in [0.3, 0.4) is 0 Å². The summed E-state index contributed by atoms with van der Waals surface area (Å²) in [6, 6.07) is 38.2. The van der Waals surface area contributed by atoms with Gasteiger partial charge >= 0.3 is 0 Å². The number of nitriles is 1. The number of thioether (sulfide) groups is 1. The minimum atomic E-state index is -0.205. The highest BCUT2D eigenvalue weighted by Crippen LogP contribution is 2.34. The van der Waals surface area contributed by atoms with Gasteiger partial charge in [-0.15, -0.1) is 0 Å². The molecule has 4 aromatic carbocycles. The smallest absolute Gasteiger partial charge is 0.234 e. The Morgan fingerprint density at radius 3 is 2.10 bits per heavy atom. The molecule has 0 unspecified atom stereocenters. The highest BCUT2D eigenvalue weighted by atomic mass is 32.2. The summed E-state index contributed by atoms with van der Waals surface area (Å²) in [5.74, 6) is 2.04. The van der Waals surface area contributed by atoms with Gasteiger partial charge in [0.25, 0.3) is 0 Å². The van der Waals surface area contributed by atoms with Gasteiger partial charge in [0, 0.05) is 16.8 Å². The van der Waals surface area contributed by atoms with E-state index in [0.29, 0.717) is 27.7 Å². The third-order valence-electron chi connectivity index (χ3n) is 6.03. The molecule has 1 amide bonds. The molecule has 1 N–H and O–H groups in total. The Kier molecular flexibility index (Phi) is 8.40. The fourth-order valence-corrected chi connectivity index (χ4v) is 4.85. The van der Waals surface area contributed by atoms with Crippen LogP contribution in [-0.4, -0.2) is 23.8 Å². The summed E-state index contributed by atoms with van der Waals surface area (Å²) in [6.07, 6.45) is 0. The van der Waals surface area contributed by atoms with Gasteiger partial charge in [-0.25, -0.2) is 4.98 Å². The number of amides is 1. The monoisotopic (exact) mass is 543 g/mol. The molecule has 7 heteroatoms. The lowest BCUT2D eigenvalue weighted by molar-refractivity contribution is -0.113. The molecule has 0 bridgehead atoms. The van der Waals surface area contributed by atoms with E-state index in [1.807, 2.05) is 91.0 Å². The van der Waals surface area contributed by atoms with Gasteiger partial charge in [-0.05, 0) is 72.3 Å². The SMILES string of the molecule is COc1ccc(-c2cc(-c3ccccc3)c(C#N)c(SCC(=O)Nc3ccc(Oc4ccccc4)cc3)n2)cc1. The van der Waals surface area contributed by atoms with Gasteiger partial charge in [0.15, 0.2) is 0 Å². The van der Waals surface area contributed by atoms with Crippen LogP contribution in [0.4, 0.5) is 5.69 Å². The molecule has 1 aromatic heterocycles. The van der Waals surface area contributed by atoms with Crippen LogP contribution in [-0.2, 0) is 4.79 Å². The van der Waals surface area contributed by atoms with E-state index in [1.54, 1.807) is 31.4 Å². The first-order chi connectivity index (χ1) is 19.6. The number of methoxy groups -OCH3 is 1. The van der Waals surface area contributed by atoms with Crippen molar-refractivity contribution in [2.24, 2.45) is 0 Å². The minimum absolute atomic E-state index is 0.0875. The van der Waals surface area contributed by atoms with E-state index >= 15 is 0 Å². The summed E-state index contributed by atoms with van der Waals surface area (Å²) in [5.41, 5.74) is 4.34. The molecule has 0 saturated heterocycles. The van der Waals surface area contributed by atoms with Gasteiger partial charge in [0.2, 0.25) is 5.91 Å². The number of carbonyl (C=O) groups is 1. The second-order valence-electron chi connectivity index (χ2n) is 8.72. The first-order valence-corrected chi connectivity index (χ1v) is 13.5. The number of pyridine rings is 1. The van der Waals surface area contributed by atoms with E-state index in [1.165, 1.54) is 11.8 Å². The molecular weight excluding hydrogens is 518 g/mol. The Morgan fingerprint density at radius 1 is 0.825 bits per heavy atom. The van der Waals surface area contributed by atoms with E-state index in [9.17, 15) is 10.1 Å². The van der Waals surface area contributed by atoms with Crippen molar-refractivity contribution < 1.29 is 14.3 Å². The van der Waals surface area contributed by atoms with Crippen molar-refractivity contribution in [1.82, 2.24) is 4.98 Å². The van der Waals surface area contributed by atoms with Gasteiger partial charge < -0.3 is 14.8 Å². The molecule has 0 spiro atoms. The molecule has 0 aliphatic carbocycles. The van der Waals surface area contributed by atoms with Gasteiger partial charge in [0.05, 0.1) is 24.1 Å². The lowest BCUT2D eigenvalue weighted by Gasteiger charge is -2.13. The number of carbonyl (C=O) groups excluding carboxylic acids is 1. The molecule has 5 rings (SSSR count). The summed E-state index contributed by atoms with van der Waals surface area (Å²) in [4.78, 5) is 17.6. The molecule has 0 saturated carbocycles. The summed E-state index contributed by atoms with van der Waals surface area (Å²) in [7, 11) is 1.62. The van der Waals surface area contributed by atoms with Gasteiger partial charge in [-0.2, -0.15) is 5.26 Å². The Balaban J connectivity index is 1.34. The van der Waals surface area contributed by atoms with Crippen LogP contribution in [0.25, 0.3) is 22.4 Å². The Bertz CT molecular complexity index is 1630. The van der Waals surface area contributed by atoms with Crippen molar-refractivity contribution in [3.05, 3.63) is 121 Å². The molecule has 0 aliphatic heterocycles. The molecule has 0 aliphatic rings. The predicted octanol–water partition coefficient (Wildman–Crippen LogP) is 7.82. The third kappa shape index (κ3) is 6.49. The van der Waals surface area contributed by atoms with E-state index in [2.05, 4.69) is 11.4 Å². The number of anilines is 1. The van der Waals surface area contributed by atoms with Crippen molar-refractivity contribution in [1.29, 1.82) is 5.26 Å². The van der Waals surface area contributed by atoms with E-state index in [0.717, 1.165) is 28.2 Å². The number of ether oxygens (including phenoxy) is 2. The summed E-state index contributed by atoms with van der Waals surface area (Å²) >= 11 is 1.23. The number of hydrogen-bond donors (Lipinski definition) is 1. The van der Waals surface area contributed by atoms with Gasteiger partial charge in [0.1, 0.15) is 28.3 Å². The molecule has 196 valence electrons. The third-order valence-corrected chi connectivity index (χ3v) is 7.00. The molecule has 5 aromatic rings. The lowest BCUT2D eigenvalue weighted by atomic mass is 9.99. The second-order valence-corrected chi connectivity index (χ2v) is 9.68. The molecule has 0 radical (unpaired) electrons. The number of aromatic nitrogens is 1. The van der Waals surface area contributed by atoms with Crippen molar-refractivity contribution >= 4 is 23.4 Å². The van der Waals surface area contributed by atoms with Crippen LogP contribution < -0.4 is 14.8 Å². The Morgan fingerprint density at radius 2 is 1.45 bits per heavy atom. The zero-order chi connectivity index (χ0) is 27.7. The predicted molar refractivity (Wildman–Crippen MR) is 159 cm³/mol. The zero-order valence-electron chi connectivity index (χ0n) is 21.7. The fraction of sp³-hybridized carbons (Fsp3) is 0.0606. The van der Waals surface area contributed by atoms with Crippen molar-refractivity contribution in [2.75, 3.05) is 18.2 Å². The van der Waals surface area contributed by atoms with Gasteiger partial charge in [-0.1, -0.05) is 60.3 Å². The quantitative estimate of drug-likeness (QED) is 0.191. The van der Waals surface area contributed by atoms with Crippen LogP contribution >= 0.6 is 11.8 Å². The molecular formula is C33H25N3O3S. The first kappa shape index (κ1) is 26.5. The lowest BCUT2D eigenvalue weighted by Crippen LogP contribution is -2.14. The van der Waals surface area contributed by atoms with E-state index in [-0.39, 0.29) is 11.7 Å². The Hall–Kier alpha value is -5.06. The van der Waals surface area contributed by atoms with Crippen LogP contribution in [0.2, 0.25) is 0 Å². The van der Waals surface area contributed by atoms with Crippen molar-refractivity contribution in [2.45, 2.75) is 5.03 Å². The van der Waals surface area contributed by atoms with Gasteiger partial charge in [-0.3, -0.25) is 4.79 Å².